The normalized spacial score (nSPS) is 19.5. The van der Waals surface area contributed by atoms with Crippen LogP contribution >= 0.6 is 11.6 Å². The second-order valence-electron chi connectivity index (χ2n) is 5.24. The van der Waals surface area contributed by atoms with Crippen molar-refractivity contribution in [1.82, 2.24) is 4.90 Å². The molecule has 0 amide bonds. The first-order valence-corrected chi connectivity index (χ1v) is 7.31. The van der Waals surface area contributed by atoms with E-state index in [0.717, 1.165) is 24.7 Å². The van der Waals surface area contributed by atoms with Gasteiger partial charge >= 0.3 is 0 Å². The number of nitrogens with zero attached hydrogens (tertiary/aromatic N) is 1. The zero-order valence-corrected chi connectivity index (χ0v) is 12.3. The van der Waals surface area contributed by atoms with E-state index in [1.165, 1.54) is 18.4 Å². The summed E-state index contributed by atoms with van der Waals surface area (Å²) in [7, 11) is 1.78. The van der Waals surface area contributed by atoms with Crippen LogP contribution in [-0.2, 0) is 4.74 Å². The minimum absolute atomic E-state index is 0.306. The van der Waals surface area contributed by atoms with Gasteiger partial charge < -0.3 is 10.5 Å². The third kappa shape index (κ3) is 3.93. The molecule has 1 aliphatic rings. The lowest BCUT2D eigenvalue weighted by Gasteiger charge is -2.37. The summed E-state index contributed by atoms with van der Waals surface area (Å²) in [4.78, 5) is 2.48. The summed E-state index contributed by atoms with van der Waals surface area (Å²) in [5, 5.41) is 0.776. The molecule has 4 heteroatoms. The molecule has 0 saturated carbocycles. The van der Waals surface area contributed by atoms with Gasteiger partial charge in [-0.25, -0.2) is 0 Å². The van der Waals surface area contributed by atoms with Gasteiger partial charge in [0.2, 0.25) is 0 Å². The van der Waals surface area contributed by atoms with Gasteiger partial charge in [0.05, 0.1) is 0 Å². The highest BCUT2D eigenvalue weighted by Crippen LogP contribution is 2.27. The van der Waals surface area contributed by atoms with Crippen molar-refractivity contribution in [3.63, 3.8) is 0 Å². The van der Waals surface area contributed by atoms with Gasteiger partial charge in [0.25, 0.3) is 0 Å². The van der Waals surface area contributed by atoms with Crippen LogP contribution in [0.1, 0.15) is 24.4 Å². The van der Waals surface area contributed by atoms with Gasteiger partial charge in [0.1, 0.15) is 0 Å². The molecule has 1 heterocycles. The molecule has 2 rings (SSSR count). The summed E-state index contributed by atoms with van der Waals surface area (Å²) in [5.41, 5.74) is 7.23. The smallest absolute Gasteiger partial charge is 0.0491 e. The molecule has 1 atom stereocenters. The summed E-state index contributed by atoms with van der Waals surface area (Å²) in [6, 6.07) is 8.36. The van der Waals surface area contributed by atoms with Crippen LogP contribution in [0.5, 0.6) is 0 Å². The van der Waals surface area contributed by atoms with Gasteiger partial charge in [-0.05, 0) is 49.5 Å². The summed E-state index contributed by atoms with van der Waals surface area (Å²) in [6.45, 7) is 3.72. The molecule has 3 nitrogen and oxygen atoms in total. The van der Waals surface area contributed by atoms with E-state index in [0.29, 0.717) is 18.5 Å². The number of halogens is 1. The van der Waals surface area contributed by atoms with Crippen LogP contribution in [0.25, 0.3) is 0 Å². The quantitative estimate of drug-likeness (QED) is 0.902. The summed E-state index contributed by atoms with van der Waals surface area (Å²) < 4.78 is 5.24. The highest BCUT2D eigenvalue weighted by Gasteiger charge is 2.25. The largest absolute Gasteiger partial charge is 0.384 e. The Labute approximate surface area is 120 Å². The van der Waals surface area contributed by atoms with Crippen molar-refractivity contribution in [3.8, 4) is 0 Å². The maximum Gasteiger partial charge on any atom is 0.0491 e. The standard InChI is InChI=1S/C15H23ClN2O/c1-19-11-12-6-8-18(9-7-12)15(10-17)13-2-4-14(16)5-3-13/h2-5,12,15H,6-11,17H2,1H3. The zero-order chi connectivity index (χ0) is 13.7. The van der Waals surface area contributed by atoms with Crippen molar-refractivity contribution in [1.29, 1.82) is 0 Å². The third-order valence-corrected chi connectivity index (χ3v) is 4.22. The van der Waals surface area contributed by atoms with E-state index in [2.05, 4.69) is 17.0 Å². The second kappa shape index (κ2) is 7.25. The van der Waals surface area contributed by atoms with Crippen molar-refractivity contribution in [3.05, 3.63) is 34.9 Å². The van der Waals surface area contributed by atoms with Gasteiger partial charge in [0, 0.05) is 31.3 Å². The highest BCUT2D eigenvalue weighted by atomic mass is 35.5. The monoisotopic (exact) mass is 282 g/mol. The van der Waals surface area contributed by atoms with E-state index >= 15 is 0 Å². The van der Waals surface area contributed by atoms with Gasteiger partial charge in [0.15, 0.2) is 0 Å². The number of methoxy groups -OCH3 is 1. The van der Waals surface area contributed by atoms with E-state index in [1.807, 2.05) is 12.1 Å². The number of rotatable bonds is 5. The first-order valence-electron chi connectivity index (χ1n) is 6.93. The fourth-order valence-corrected chi connectivity index (χ4v) is 2.97. The zero-order valence-electron chi connectivity index (χ0n) is 11.5. The number of ether oxygens (including phenoxy) is 1. The predicted octanol–water partition coefficient (Wildman–Crippen LogP) is 2.70. The van der Waals surface area contributed by atoms with Crippen molar-refractivity contribution in [2.24, 2.45) is 11.7 Å². The highest BCUT2D eigenvalue weighted by molar-refractivity contribution is 6.30. The number of benzene rings is 1. The fraction of sp³-hybridized carbons (Fsp3) is 0.600. The molecule has 0 spiro atoms. The van der Waals surface area contributed by atoms with Crippen LogP contribution in [0, 0.1) is 5.92 Å². The van der Waals surface area contributed by atoms with E-state index in [1.54, 1.807) is 7.11 Å². The molecule has 1 aliphatic heterocycles. The molecule has 0 aromatic heterocycles. The fourth-order valence-electron chi connectivity index (χ4n) is 2.85. The molecule has 1 saturated heterocycles. The minimum atomic E-state index is 0.306. The molecule has 106 valence electrons. The molecular weight excluding hydrogens is 260 g/mol. The van der Waals surface area contributed by atoms with Crippen molar-refractivity contribution < 1.29 is 4.74 Å². The Hall–Kier alpha value is -0.610. The number of hydrogen-bond acceptors (Lipinski definition) is 3. The van der Waals surface area contributed by atoms with Crippen LogP contribution in [0.4, 0.5) is 0 Å². The van der Waals surface area contributed by atoms with Crippen LogP contribution < -0.4 is 5.73 Å². The molecule has 1 aromatic rings. The molecule has 19 heavy (non-hydrogen) atoms. The maximum absolute atomic E-state index is 5.97. The van der Waals surface area contributed by atoms with Crippen LogP contribution in [0.15, 0.2) is 24.3 Å². The van der Waals surface area contributed by atoms with Gasteiger partial charge in [-0.1, -0.05) is 23.7 Å². The SMILES string of the molecule is COCC1CCN(C(CN)c2ccc(Cl)cc2)CC1. The number of piperidine rings is 1. The van der Waals surface area contributed by atoms with E-state index in [9.17, 15) is 0 Å². The Morgan fingerprint density at radius 1 is 1.32 bits per heavy atom. The van der Waals surface area contributed by atoms with E-state index in [-0.39, 0.29) is 0 Å². The molecule has 1 aromatic carbocycles. The number of hydrogen-bond donors (Lipinski definition) is 1. The number of nitrogens with two attached hydrogens (primary N) is 1. The van der Waals surface area contributed by atoms with E-state index in [4.69, 9.17) is 22.1 Å². The Morgan fingerprint density at radius 3 is 2.47 bits per heavy atom. The lowest BCUT2D eigenvalue weighted by molar-refractivity contribution is 0.0810. The van der Waals surface area contributed by atoms with Crippen molar-refractivity contribution >= 4 is 11.6 Å². The Balaban J connectivity index is 1.97. The van der Waals surface area contributed by atoms with Crippen LogP contribution in [-0.4, -0.2) is 38.3 Å². The second-order valence-corrected chi connectivity index (χ2v) is 5.67. The Morgan fingerprint density at radius 2 is 1.95 bits per heavy atom. The van der Waals surface area contributed by atoms with Crippen molar-refractivity contribution in [2.75, 3.05) is 33.4 Å². The average molecular weight is 283 g/mol. The first-order chi connectivity index (χ1) is 9.24. The summed E-state index contributed by atoms with van der Waals surface area (Å²) in [6.07, 6.45) is 2.38. The average Bonchev–Trinajstić information content (AvgIpc) is 2.44. The third-order valence-electron chi connectivity index (χ3n) is 3.97. The lowest BCUT2D eigenvalue weighted by Crippen LogP contribution is -2.40. The topological polar surface area (TPSA) is 38.5 Å². The van der Waals surface area contributed by atoms with Gasteiger partial charge in [-0.15, -0.1) is 0 Å². The Bertz CT molecular complexity index is 374. The van der Waals surface area contributed by atoms with Gasteiger partial charge in [-0.2, -0.15) is 0 Å². The molecule has 0 bridgehead atoms. The van der Waals surface area contributed by atoms with Crippen LogP contribution in [0.2, 0.25) is 5.02 Å². The molecule has 0 aliphatic carbocycles. The van der Waals surface area contributed by atoms with Gasteiger partial charge in [-0.3, -0.25) is 4.90 Å². The molecular formula is C15H23ClN2O. The predicted molar refractivity (Wildman–Crippen MR) is 79.4 cm³/mol. The van der Waals surface area contributed by atoms with E-state index < -0.39 is 0 Å². The van der Waals surface area contributed by atoms with Crippen LogP contribution in [0.3, 0.4) is 0 Å². The minimum Gasteiger partial charge on any atom is -0.384 e. The lowest BCUT2D eigenvalue weighted by atomic mass is 9.95. The molecule has 0 radical (unpaired) electrons. The summed E-state index contributed by atoms with van der Waals surface area (Å²) >= 11 is 5.94. The summed E-state index contributed by atoms with van der Waals surface area (Å²) in [5.74, 6) is 0.699. The Kier molecular flexibility index (Phi) is 5.64. The maximum atomic E-state index is 5.97. The molecule has 1 unspecified atom stereocenters. The first kappa shape index (κ1) is 14.8. The molecule has 2 N–H and O–H groups in total. The van der Waals surface area contributed by atoms with Crippen molar-refractivity contribution in [2.45, 2.75) is 18.9 Å². The number of likely N-dealkylation sites (tertiary alicyclic amines) is 1. The molecule has 1 fully saturated rings.